The summed E-state index contributed by atoms with van der Waals surface area (Å²) < 4.78 is 7.09. The van der Waals surface area contributed by atoms with Crippen molar-refractivity contribution in [3.63, 3.8) is 0 Å². The summed E-state index contributed by atoms with van der Waals surface area (Å²) in [6.45, 7) is 3.29. The Hall–Kier alpha value is -1.76. The van der Waals surface area contributed by atoms with Gasteiger partial charge in [0, 0.05) is 19.2 Å². The van der Waals surface area contributed by atoms with Crippen LogP contribution in [-0.2, 0) is 6.54 Å². The van der Waals surface area contributed by atoms with Gasteiger partial charge >= 0.3 is 0 Å². The zero-order valence-corrected chi connectivity index (χ0v) is 10.9. The second kappa shape index (κ2) is 8.35. The first-order valence-electron chi connectivity index (χ1n) is 6.48. The summed E-state index contributed by atoms with van der Waals surface area (Å²) in [7, 11) is 0. The van der Waals surface area contributed by atoms with E-state index >= 15 is 0 Å². The number of nitriles is 1. The molecule has 0 amide bonds. The van der Waals surface area contributed by atoms with Crippen LogP contribution in [0.3, 0.4) is 0 Å². The Balaban J connectivity index is 2.56. The zero-order chi connectivity index (χ0) is 13.2. The molecule has 0 N–H and O–H groups in total. The minimum Gasteiger partial charge on any atom is -0.488 e. The Morgan fingerprint density at radius 2 is 2.22 bits per heavy atom. The summed E-state index contributed by atoms with van der Waals surface area (Å²) in [6, 6.07) is 5.59. The highest BCUT2D eigenvalue weighted by molar-refractivity contribution is 5.17. The monoisotopic (exact) mass is 248 g/mol. The van der Waals surface area contributed by atoms with Crippen LogP contribution < -0.4 is 10.3 Å². The Bertz CT molecular complexity index is 446. The lowest BCUT2D eigenvalue weighted by Crippen LogP contribution is -2.21. The maximum absolute atomic E-state index is 12.0. The highest BCUT2D eigenvalue weighted by Crippen LogP contribution is 2.04. The van der Waals surface area contributed by atoms with Gasteiger partial charge in [-0.3, -0.25) is 4.79 Å². The van der Waals surface area contributed by atoms with Crippen molar-refractivity contribution in [2.24, 2.45) is 0 Å². The van der Waals surface area contributed by atoms with Crippen molar-refractivity contribution < 1.29 is 4.74 Å². The van der Waals surface area contributed by atoms with E-state index in [4.69, 9.17) is 10.00 Å². The Morgan fingerprint density at radius 3 is 2.94 bits per heavy atom. The molecule has 0 aliphatic rings. The second-order valence-corrected chi connectivity index (χ2v) is 4.19. The predicted octanol–water partition coefficient (Wildman–Crippen LogP) is 2.72. The minimum atomic E-state index is -0.105. The molecule has 0 radical (unpaired) electrons. The smallest absolute Gasteiger partial charge is 0.292 e. The van der Waals surface area contributed by atoms with Crippen molar-refractivity contribution in [1.82, 2.24) is 4.57 Å². The number of hydrogen-bond acceptors (Lipinski definition) is 3. The molecule has 4 nitrogen and oxygen atoms in total. The number of hydrogen-bond donors (Lipinski definition) is 0. The Labute approximate surface area is 108 Å². The van der Waals surface area contributed by atoms with Crippen LogP contribution in [0, 0.1) is 11.3 Å². The quantitative estimate of drug-likeness (QED) is 0.665. The van der Waals surface area contributed by atoms with E-state index in [9.17, 15) is 4.79 Å². The van der Waals surface area contributed by atoms with Gasteiger partial charge in [0.05, 0.1) is 12.7 Å². The van der Waals surface area contributed by atoms with Crippen molar-refractivity contribution in [2.75, 3.05) is 6.61 Å². The second-order valence-electron chi connectivity index (χ2n) is 4.19. The van der Waals surface area contributed by atoms with Crippen molar-refractivity contribution in [2.45, 2.75) is 45.6 Å². The van der Waals surface area contributed by atoms with Crippen LogP contribution in [0.25, 0.3) is 0 Å². The third-order valence-corrected chi connectivity index (χ3v) is 2.68. The van der Waals surface area contributed by atoms with Gasteiger partial charge in [0.1, 0.15) is 0 Å². The fourth-order valence-electron chi connectivity index (χ4n) is 1.66. The fraction of sp³-hybridized carbons (Fsp3) is 0.571. The normalized spacial score (nSPS) is 10.0. The minimum absolute atomic E-state index is 0.105. The molecule has 0 saturated carbocycles. The first-order valence-corrected chi connectivity index (χ1v) is 6.48. The van der Waals surface area contributed by atoms with Crippen LogP contribution >= 0.6 is 0 Å². The fourth-order valence-corrected chi connectivity index (χ4v) is 1.66. The van der Waals surface area contributed by atoms with E-state index in [1.165, 1.54) is 0 Å². The lowest BCUT2D eigenvalue weighted by atomic mass is 10.3. The average molecular weight is 248 g/mol. The molecule has 1 aromatic heterocycles. The molecule has 0 fully saturated rings. The lowest BCUT2D eigenvalue weighted by Gasteiger charge is -2.08. The molecular formula is C14H20N2O2. The molecule has 1 heterocycles. The van der Waals surface area contributed by atoms with Gasteiger partial charge < -0.3 is 9.30 Å². The molecule has 98 valence electrons. The molecule has 4 heteroatoms. The van der Waals surface area contributed by atoms with E-state index in [1.54, 1.807) is 16.8 Å². The molecule has 0 bridgehead atoms. The maximum Gasteiger partial charge on any atom is 0.292 e. The first-order chi connectivity index (χ1) is 8.79. The van der Waals surface area contributed by atoms with Gasteiger partial charge in [-0.15, -0.1) is 0 Å². The molecule has 0 spiro atoms. The number of ether oxygens (including phenoxy) is 1. The molecule has 1 rings (SSSR count). The van der Waals surface area contributed by atoms with Gasteiger partial charge in [-0.2, -0.15) is 5.26 Å². The number of unbranched alkanes of at least 4 members (excludes halogenated alkanes) is 3. The third-order valence-electron chi connectivity index (χ3n) is 2.68. The maximum atomic E-state index is 12.0. The van der Waals surface area contributed by atoms with Crippen molar-refractivity contribution in [1.29, 1.82) is 5.26 Å². The average Bonchev–Trinajstić information content (AvgIpc) is 2.38. The van der Waals surface area contributed by atoms with E-state index in [2.05, 4.69) is 13.0 Å². The zero-order valence-electron chi connectivity index (χ0n) is 10.9. The van der Waals surface area contributed by atoms with Gasteiger partial charge in [0.2, 0.25) is 0 Å². The number of nitrogens with zero attached hydrogens (tertiary/aromatic N) is 2. The van der Waals surface area contributed by atoms with Crippen molar-refractivity contribution in [3.8, 4) is 11.8 Å². The number of pyridine rings is 1. The van der Waals surface area contributed by atoms with E-state index in [0.29, 0.717) is 31.7 Å². The molecule has 0 aliphatic carbocycles. The van der Waals surface area contributed by atoms with E-state index in [1.807, 2.05) is 6.07 Å². The molecule has 0 unspecified atom stereocenters. The van der Waals surface area contributed by atoms with Crippen LogP contribution in [0.15, 0.2) is 23.1 Å². The lowest BCUT2D eigenvalue weighted by molar-refractivity contribution is 0.299. The topological polar surface area (TPSA) is 55.0 Å². The van der Waals surface area contributed by atoms with E-state index in [-0.39, 0.29) is 5.56 Å². The van der Waals surface area contributed by atoms with E-state index < -0.39 is 0 Å². The van der Waals surface area contributed by atoms with Gasteiger partial charge in [-0.1, -0.05) is 19.8 Å². The van der Waals surface area contributed by atoms with Crippen LogP contribution in [0.5, 0.6) is 5.75 Å². The first kappa shape index (κ1) is 14.3. The van der Waals surface area contributed by atoms with E-state index in [0.717, 1.165) is 19.3 Å². The van der Waals surface area contributed by atoms with Crippen molar-refractivity contribution in [3.05, 3.63) is 28.7 Å². The van der Waals surface area contributed by atoms with Crippen LogP contribution in [0.4, 0.5) is 0 Å². The van der Waals surface area contributed by atoms with Crippen LogP contribution in [0.2, 0.25) is 0 Å². The predicted molar refractivity (Wildman–Crippen MR) is 70.6 cm³/mol. The summed E-state index contributed by atoms with van der Waals surface area (Å²) in [6.07, 6.45) is 6.11. The molecule has 0 saturated heterocycles. The summed E-state index contributed by atoms with van der Waals surface area (Å²) in [5.41, 5.74) is -0.105. The van der Waals surface area contributed by atoms with Crippen LogP contribution in [-0.4, -0.2) is 11.2 Å². The SMILES string of the molecule is CCCCCOc1cccn(CCCC#N)c1=O. The largest absolute Gasteiger partial charge is 0.488 e. The molecule has 1 aromatic rings. The van der Waals surface area contributed by atoms with Gasteiger partial charge in [0.25, 0.3) is 5.56 Å². The van der Waals surface area contributed by atoms with Crippen LogP contribution in [0.1, 0.15) is 39.0 Å². The molecule has 0 aliphatic heterocycles. The van der Waals surface area contributed by atoms with Gasteiger partial charge in [-0.05, 0) is 25.0 Å². The number of aromatic nitrogens is 1. The van der Waals surface area contributed by atoms with Crippen molar-refractivity contribution >= 4 is 0 Å². The van der Waals surface area contributed by atoms with Gasteiger partial charge in [-0.25, -0.2) is 0 Å². The highest BCUT2D eigenvalue weighted by Gasteiger charge is 2.03. The standard InChI is InChI=1S/C14H20N2O2/c1-2-3-6-12-18-13-8-7-11-16(14(13)17)10-5-4-9-15/h7-8,11H,2-6,10,12H2,1H3. The molecule has 0 aromatic carbocycles. The number of aryl methyl sites for hydroxylation is 1. The summed E-state index contributed by atoms with van der Waals surface area (Å²) in [5, 5.41) is 8.47. The Morgan fingerprint density at radius 1 is 1.39 bits per heavy atom. The molecule has 18 heavy (non-hydrogen) atoms. The summed E-state index contributed by atoms with van der Waals surface area (Å²) in [4.78, 5) is 12.0. The summed E-state index contributed by atoms with van der Waals surface area (Å²) in [5.74, 6) is 0.408. The van der Waals surface area contributed by atoms with Gasteiger partial charge in [0.15, 0.2) is 5.75 Å². The Kier molecular flexibility index (Phi) is 6.63. The molecular weight excluding hydrogens is 228 g/mol. The highest BCUT2D eigenvalue weighted by atomic mass is 16.5. The third kappa shape index (κ3) is 4.62. The molecule has 0 atom stereocenters. The number of rotatable bonds is 8. The summed E-state index contributed by atoms with van der Waals surface area (Å²) >= 11 is 0.